The molecule has 0 aliphatic carbocycles. The van der Waals surface area contributed by atoms with Gasteiger partial charge in [-0.05, 0) is 25.8 Å². The lowest BCUT2D eigenvalue weighted by atomic mass is 10.1. The van der Waals surface area contributed by atoms with Crippen molar-refractivity contribution in [2.45, 2.75) is 45.8 Å². The monoisotopic (exact) mass is 364 g/mol. The minimum atomic E-state index is -0.322. The van der Waals surface area contributed by atoms with E-state index in [1.54, 1.807) is 6.92 Å². The van der Waals surface area contributed by atoms with Gasteiger partial charge in [-0.3, -0.25) is 9.59 Å². The summed E-state index contributed by atoms with van der Waals surface area (Å²) >= 11 is 0. The number of nitrogens with zero attached hydrogens (tertiary/aromatic N) is 4. The first-order chi connectivity index (χ1) is 13.1. The van der Waals surface area contributed by atoms with Gasteiger partial charge in [0.05, 0.1) is 18.6 Å². The van der Waals surface area contributed by atoms with Gasteiger partial charge in [0, 0.05) is 41.9 Å². The predicted octanol–water partition coefficient (Wildman–Crippen LogP) is 3.42. The molecular formula is C21H24N4O2. The molecule has 3 heterocycles. The molecule has 3 aromatic rings. The summed E-state index contributed by atoms with van der Waals surface area (Å²) in [4.78, 5) is 31.7. The number of rotatable bonds is 4. The number of para-hydroxylation sites is 1. The maximum Gasteiger partial charge on any atom is 0.245 e. The lowest BCUT2D eigenvalue weighted by Gasteiger charge is -2.26. The van der Waals surface area contributed by atoms with Crippen molar-refractivity contribution in [3.8, 4) is 0 Å². The van der Waals surface area contributed by atoms with Crippen LogP contribution in [0, 0.1) is 0 Å². The lowest BCUT2D eigenvalue weighted by Crippen LogP contribution is -2.36. The van der Waals surface area contributed by atoms with Crippen molar-refractivity contribution >= 4 is 22.6 Å². The number of aromatic nitrogens is 3. The molecule has 27 heavy (non-hydrogen) atoms. The Morgan fingerprint density at radius 2 is 2.04 bits per heavy atom. The molecule has 0 spiro atoms. The quantitative estimate of drug-likeness (QED) is 0.667. The van der Waals surface area contributed by atoms with Crippen LogP contribution >= 0.6 is 0 Å². The van der Waals surface area contributed by atoms with Crippen LogP contribution < -0.4 is 0 Å². The normalized spacial score (nSPS) is 15.4. The molecule has 2 aromatic heterocycles. The zero-order chi connectivity index (χ0) is 19.0. The van der Waals surface area contributed by atoms with E-state index in [0.717, 1.165) is 36.1 Å². The smallest absolute Gasteiger partial charge is 0.245 e. The molecule has 0 saturated heterocycles. The highest BCUT2D eigenvalue weighted by Gasteiger charge is 2.28. The molecule has 140 valence electrons. The number of ketones is 1. The molecule has 1 amide bonds. The van der Waals surface area contributed by atoms with Crippen LogP contribution in [0.1, 0.15) is 48.8 Å². The number of carbonyl (C=O) groups is 2. The highest BCUT2D eigenvalue weighted by atomic mass is 16.2. The molecular weight excluding hydrogens is 340 g/mol. The SMILES string of the molecule is CC[C@H](C(=O)N1CCCn2cncc2C1)n1cc(C(C)=O)c2ccccc21. The van der Waals surface area contributed by atoms with Crippen molar-refractivity contribution < 1.29 is 9.59 Å². The summed E-state index contributed by atoms with van der Waals surface area (Å²) in [6, 6.07) is 7.49. The molecule has 6 nitrogen and oxygen atoms in total. The average molecular weight is 364 g/mol. The topological polar surface area (TPSA) is 60.1 Å². The van der Waals surface area contributed by atoms with E-state index in [-0.39, 0.29) is 17.7 Å². The van der Waals surface area contributed by atoms with E-state index < -0.39 is 0 Å². The highest BCUT2D eigenvalue weighted by Crippen LogP contribution is 2.28. The van der Waals surface area contributed by atoms with Crippen molar-refractivity contribution in [1.29, 1.82) is 0 Å². The van der Waals surface area contributed by atoms with Crippen molar-refractivity contribution in [2.75, 3.05) is 6.54 Å². The summed E-state index contributed by atoms with van der Waals surface area (Å²) in [5.41, 5.74) is 2.67. The third kappa shape index (κ3) is 3.05. The number of benzene rings is 1. The Hall–Kier alpha value is -2.89. The number of aryl methyl sites for hydroxylation is 1. The summed E-state index contributed by atoms with van der Waals surface area (Å²) in [5.74, 6) is 0.119. The molecule has 1 aliphatic heterocycles. The third-order valence-electron chi connectivity index (χ3n) is 5.42. The highest BCUT2D eigenvalue weighted by molar-refractivity contribution is 6.07. The van der Waals surface area contributed by atoms with Gasteiger partial charge in [-0.15, -0.1) is 0 Å². The second kappa shape index (κ2) is 7.02. The molecule has 1 aromatic carbocycles. The van der Waals surface area contributed by atoms with E-state index in [1.807, 2.05) is 59.4 Å². The van der Waals surface area contributed by atoms with Crippen LogP contribution in [-0.2, 0) is 17.9 Å². The van der Waals surface area contributed by atoms with Crippen molar-refractivity contribution in [3.05, 3.63) is 54.2 Å². The fourth-order valence-corrected chi connectivity index (χ4v) is 4.02. The van der Waals surface area contributed by atoms with Crippen molar-refractivity contribution in [1.82, 2.24) is 19.0 Å². The van der Waals surface area contributed by atoms with Crippen LogP contribution in [0.2, 0.25) is 0 Å². The standard InChI is InChI=1S/C21H24N4O2/c1-3-19(21(27)23-9-6-10-24-14-22-11-16(24)12-23)25-13-18(15(2)26)17-7-4-5-8-20(17)25/h4-5,7-8,11,13-14,19H,3,6,9-10,12H2,1-2H3/t19-/m1/s1. The van der Waals surface area contributed by atoms with E-state index >= 15 is 0 Å². The second-order valence-electron chi connectivity index (χ2n) is 7.14. The molecule has 0 saturated carbocycles. The number of Topliss-reactive ketones (excluding diaryl/α,β-unsaturated/α-hetero) is 1. The summed E-state index contributed by atoms with van der Waals surface area (Å²) < 4.78 is 4.10. The van der Waals surface area contributed by atoms with E-state index in [1.165, 1.54) is 0 Å². The number of hydrogen-bond donors (Lipinski definition) is 0. The Morgan fingerprint density at radius 1 is 1.22 bits per heavy atom. The largest absolute Gasteiger partial charge is 0.335 e. The van der Waals surface area contributed by atoms with E-state index in [0.29, 0.717) is 18.5 Å². The molecule has 1 atom stereocenters. The summed E-state index contributed by atoms with van der Waals surface area (Å²) in [7, 11) is 0. The fourth-order valence-electron chi connectivity index (χ4n) is 4.02. The van der Waals surface area contributed by atoms with Crippen LogP contribution in [0.3, 0.4) is 0 Å². The molecule has 0 fully saturated rings. The lowest BCUT2D eigenvalue weighted by molar-refractivity contribution is -0.135. The zero-order valence-electron chi connectivity index (χ0n) is 15.8. The van der Waals surface area contributed by atoms with E-state index in [9.17, 15) is 9.59 Å². The van der Waals surface area contributed by atoms with Gasteiger partial charge in [-0.2, -0.15) is 0 Å². The van der Waals surface area contributed by atoms with Crippen LogP contribution in [0.4, 0.5) is 0 Å². The van der Waals surface area contributed by atoms with Crippen LogP contribution in [0.15, 0.2) is 43.0 Å². The Bertz CT molecular complexity index is 1000. The molecule has 0 N–H and O–H groups in total. The minimum Gasteiger partial charge on any atom is -0.335 e. The van der Waals surface area contributed by atoms with Crippen LogP contribution in [0.25, 0.3) is 10.9 Å². The van der Waals surface area contributed by atoms with Gasteiger partial charge >= 0.3 is 0 Å². The Balaban J connectivity index is 1.71. The zero-order valence-corrected chi connectivity index (χ0v) is 15.8. The number of carbonyl (C=O) groups excluding carboxylic acids is 2. The number of hydrogen-bond acceptors (Lipinski definition) is 3. The van der Waals surface area contributed by atoms with Gasteiger partial charge in [0.1, 0.15) is 6.04 Å². The van der Waals surface area contributed by atoms with Gasteiger partial charge in [0.2, 0.25) is 5.91 Å². The van der Waals surface area contributed by atoms with E-state index in [4.69, 9.17) is 0 Å². The van der Waals surface area contributed by atoms with Crippen molar-refractivity contribution in [3.63, 3.8) is 0 Å². The first-order valence-corrected chi connectivity index (χ1v) is 9.48. The molecule has 4 rings (SSSR count). The van der Waals surface area contributed by atoms with Crippen LogP contribution in [-0.4, -0.2) is 37.3 Å². The van der Waals surface area contributed by atoms with Gasteiger partial charge < -0.3 is 14.0 Å². The molecule has 0 radical (unpaired) electrons. The maximum absolute atomic E-state index is 13.4. The van der Waals surface area contributed by atoms with Gasteiger partial charge in [0.25, 0.3) is 0 Å². The van der Waals surface area contributed by atoms with E-state index in [2.05, 4.69) is 9.55 Å². The number of fused-ring (bicyclic) bond motifs is 2. The molecule has 6 heteroatoms. The Kier molecular flexibility index (Phi) is 4.56. The second-order valence-corrected chi connectivity index (χ2v) is 7.14. The number of amides is 1. The van der Waals surface area contributed by atoms with Gasteiger partial charge in [-0.25, -0.2) is 4.98 Å². The predicted molar refractivity (Wildman–Crippen MR) is 104 cm³/mol. The van der Waals surface area contributed by atoms with Crippen LogP contribution in [0.5, 0.6) is 0 Å². The first kappa shape index (κ1) is 17.5. The maximum atomic E-state index is 13.4. The molecule has 0 bridgehead atoms. The molecule has 1 aliphatic rings. The fraction of sp³-hybridized carbons (Fsp3) is 0.381. The van der Waals surface area contributed by atoms with Gasteiger partial charge in [-0.1, -0.05) is 25.1 Å². The van der Waals surface area contributed by atoms with Crippen molar-refractivity contribution in [2.24, 2.45) is 0 Å². The first-order valence-electron chi connectivity index (χ1n) is 9.48. The summed E-state index contributed by atoms with van der Waals surface area (Å²) in [6.07, 6.45) is 7.10. The Morgan fingerprint density at radius 3 is 2.81 bits per heavy atom. The molecule has 0 unspecified atom stereocenters. The number of imidazole rings is 1. The summed E-state index contributed by atoms with van der Waals surface area (Å²) in [6.45, 7) is 5.79. The third-order valence-corrected chi connectivity index (χ3v) is 5.42. The Labute approximate surface area is 158 Å². The van der Waals surface area contributed by atoms with Gasteiger partial charge in [0.15, 0.2) is 5.78 Å². The summed E-state index contributed by atoms with van der Waals surface area (Å²) in [5, 5.41) is 0.908. The average Bonchev–Trinajstić information content (AvgIpc) is 3.21. The minimum absolute atomic E-state index is 0.0194.